The van der Waals surface area contributed by atoms with Gasteiger partial charge in [0.2, 0.25) is 5.60 Å². The highest BCUT2D eigenvalue weighted by atomic mass is 19.1. The van der Waals surface area contributed by atoms with Crippen molar-refractivity contribution in [3.63, 3.8) is 0 Å². The highest BCUT2D eigenvalue weighted by Gasteiger charge is 2.51. The molecule has 2 aromatic carbocycles. The van der Waals surface area contributed by atoms with Crippen LogP contribution in [-0.4, -0.2) is 38.3 Å². The van der Waals surface area contributed by atoms with E-state index in [4.69, 9.17) is 23.9 Å². The fourth-order valence-corrected chi connectivity index (χ4v) is 6.02. The zero-order valence-corrected chi connectivity index (χ0v) is 27.2. The molecule has 1 N–H and O–H groups in total. The predicted molar refractivity (Wildman–Crippen MR) is 170 cm³/mol. The zero-order valence-electron chi connectivity index (χ0n) is 27.2. The van der Waals surface area contributed by atoms with Crippen LogP contribution >= 0.6 is 0 Å². The van der Waals surface area contributed by atoms with Crippen molar-refractivity contribution in [2.24, 2.45) is 0 Å². The lowest BCUT2D eigenvalue weighted by Crippen LogP contribution is -2.47. The van der Waals surface area contributed by atoms with Gasteiger partial charge in [0, 0.05) is 41.3 Å². The van der Waals surface area contributed by atoms with E-state index < -0.39 is 45.7 Å². The number of hydrogen-bond acceptors (Lipinski definition) is 11. The second-order valence-electron chi connectivity index (χ2n) is 12.7. The molecule has 14 nitrogen and oxygen atoms in total. The van der Waals surface area contributed by atoms with Gasteiger partial charge in [-0.3, -0.25) is 14.9 Å². The summed E-state index contributed by atoms with van der Waals surface area (Å²) in [6, 6.07) is 9.07. The molecule has 2 aromatic heterocycles. The maximum Gasteiger partial charge on any atom is 0.515 e. The summed E-state index contributed by atoms with van der Waals surface area (Å²) in [6.45, 7) is 7.98. The van der Waals surface area contributed by atoms with E-state index in [0.29, 0.717) is 27.8 Å². The van der Waals surface area contributed by atoms with Crippen molar-refractivity contribution in [2.75, 3.05) is 0 Å². The molecule has 0 fully saturated rings. The van der Waals surface area contributed by atoms with Gasteiger partial charge in [0.15, 0.2) is 0 Å². The number of amides is 1. The number of fused-ring (bicyclic) bond motifs is 5. The maximum absolute atomic E-state index is 14.8. The van der Waals surface area contributed by atoms with Crippen LogP contribution in [0, 0.1) is 22.9 Å². The van der Waals surface area contributed by atoms with E-state index >= 15 is 0 Å². The largest absolute Gasteiger partial charge is 0.515 e. The average Bonchev–Trinajstić information content (AvgIpc) is 3.39. The Morgan fingerprint density at radius 1 is 1.14 bits per heavy atom. The normalized spacial score (nSPS) is 16.2. The first-order valence-corrected chi connectivity index (χ1v) is 15.3. The Hall–Kier alpha value is -5.86. The van der Waals surface area contributed by atoms with E-state index in [-0.39, 0.29) is 59.9 Å². The first-order chi connectivity index (χ1) is 23.1. The molecule has 254 valence electrons. The number of carbonyl (C=O) groups excluding carboxylic acids is 3. The number of nitrogens with zero attached hydrogens (tertiary/aromatic N) is 3. The number of aryl methyl sites for hydroxylation is 1. The topological polar surface area (TPSA) is 178 Å². The Labute approximate surface area is 277 Å². The molecule has 0 unspecified atom stereocenters. The number of halogens is 1. The SMILES string of the molecule is CC[C@@]1(OC(=O)Oc2ccc([N+](=O)[O-])cc2)C(=O)OCc2c1cc1n(c2=O)Cc2c-1nc1cc(F)c(C)cc1c2CNC(=O)OC(C)(C)C. The lowest BCUT2D eigenvalue weighted by Gasteiger charge is -2.35. The summed E-state index contributed by atoms with van der Waals surface area (Å²) in [6.07, 6.45) is -2.13. The van der Waals surface area contributed by atoms with E-state index in [2.05, 4.69) is 5.32 Å². The number of ether oxygens (including phenoxy) is 4. The standard InChI is InChI=1S/C34H31FN4O10/c1-6-34(49-32(43)47-19-9-7-18(8-10-19)39(44)45)24-12-27-28-22(15-38(27)29(40)23(24)16-46-30(34)41)21(14-36-31(42)48-33(3,4)5)20-11-17(2)25(35)13-26(20)37-28/h7-13H,6,14-16H2,1-5H3,(H,36,42)/t34-/m0/s1. The molecule has 0 spiro atoms. The quantitative estimate of drug-likeness (QED) is 0.0770. The Bertz CT molecular complexity index is 2140. The number of esters is 1. The lowest BCUT2D eigenvalue weighted by atomic mass is 9.85. The Morgan fingerprint density at radius 3 is 2.51 bits per heavy atom. The number of nitro groups is 1. The molecule has 0 saturated heterocycles. The molecule has 4 aromatic rings. The molecule has 15 heteroatoms. The third kappa shape index (κ3) is 5.91. The Kier molecular flexibility index (Phi) is 8.09. The average molecular weight is 675 g/mol. The van der Waals surface area contributed by atoms with Gasteiger partial charge < -0.3 is 28.8 Å². The van der Waals surface area contributed by atoms with Crippen LogP contribution in [0.5, 0.6) is 5.75 Å². The third-order valence-electron chi connectivity index (χ3n) is 8.37. The zero-order chi connectivity index (χ0) is 35.4. The van der Waals surface area contributed by atoms with Gasteiger partial charge in [-0.2, -0.15) is 0 Å². The molecular formula is C34H31FN4O10. The van der Waals surface area contributed by atoms with Crippen LogP contribution < -0.4 is 15.6 Å². The number of benzene rings is 2. The summed E-state index contributed by atoms with van der Waals surface area (Å²) in [7, 11) is 0. The van der Waals surface area contributed by atoms with Gasteiger partial charge in [0.1, 0.15) is 23.8 Å². The van der Waals surface area contributed by atoms with Crippen molar-refractivity contribution in [1.29, 1.82) is 0 Å². The van der Waals surface area contributed by atoms with E-state index in [1.165, 1.54) is 28.8 Å². The molecule has 0 aliphatic carbocycles. The van der Waals surface area contributed by atoms with Gasteiger partial charge in [-0.05, 0) is 69.5 Å². The lowest BCUT2D eigenvalue weighted by molar-refractivity contribution is -0.384. The Balaban J connectivity index is 1.44. The third-order valence-corrected chi connectivity index (χ3v) is 8.37. The number of rotatable bonds is 6. The van der Waals surface area contributed by atoms with Gasteiger partial charge in [-0.25, -0.2) is 23.8 Å². The number of cyclic esters (lactones) is 1. The molecule has 0 bridgehead atoms. The number of aromatic nitrogens is 2. The molecule has 4 heterocycles. The summed E-state index contributed by atoms with van der Waals surface area (Å²) in [4.78, 5) is 68.2. The molecule has 6 rings (SSSR count). The minimum atomic E-state index is -2.09. The maximum atomic E-state index is 14.8. The summed E-state index contributed by atoms with van der Waals surface area (Å²) in [5, 5.41) is 14.3. The number of nitrogens with one attached hydrogen (secondary N) is 1. The Morgan fingerprint density at radius 2 is 1.86 bits per heavy atom. The summed E-state index contributed by atoms with van der Waals surface area (Å²) in [5.74, 6) is -1.52. The molecule has 1 atom stereocenters. The molecule has 0 saturated carbocycles. The van der Waals surface area contributed by atoms with Crippen LogP contribution in [-0.2, 0) is 44.3 Å². The minimum absolute atomic E-state index is 0.0259. The number of pyridine rings is 2. The monoisotopic (exact) mass is 674 g/mol. The predicted octanol–water partition coefficient (Wildman–Crippen LogP) is 5.68. The van der Waals surface area contributed by atoms with Crippen LogP contribution in [0.1, 0.15) is 61.9 Å². The molecule has 2 aliphatic heterocycles. The molecular weight excluding hydrogens is 643 g/mol. The van der Waals surface area contributed by atoms with Crippen LogP contribution in [0.25, 0.3) is 22.3 Å². The smallest absolute Gasteiger partial charge is 0.457 e. The van der Waals surface area contributed by atoms with E-state index in [1.807, 2.05) is 0 Å². The second-order valence-corrected chi connectivity index (χ2v) is 12.7. The van der Waals surface area contributed by atoms with Gasteiger partial charge in [0.05, 0.1) is 33.9 Å². The van der Waals surface area contributed by atoms with Crippen molar-refractivity contribution in [2.45, 2.75) is 71.9 Å². The van der Waals surface area contributed by atoms with E-state index in [9.17, 15) is 33.7 Å². The summed E-state index contributed by atoms with van der Waals surface area (Å²) in [5.41, 5.74) is -1.07. The highest BCUT2D eigenvalue weighted by Crippen LogP contribution is 2.42. The highest BCUT2D eigenvalue weighted by molar-refractivity contribution is 5.90. The van der Waals surface area contributed by atoms with Crippen molar-refractivity contribution in [1.82, 2.24) is 14.9 Å². The van der Waals surface area contributed by atoms with Gasteiger partial charge in [0.25, 0.3) is 11.2 Å². The molecule has 0 radical (unpaired) electrons. The fraction of sp³-hybridized carbons (Fsp3) is 0.324. The number of non-ortho nitro benzene ring substituents is 1. The van der Waals surface area contributed by atoms with Crippen molar-refractivity contribution in [3.05, 3.63) is 96.6 Å². The van der Waals surface area contributed by atoms with Crippen LogP contribution in [0.2, 0.25) is 0 Å². The van der Waals surface area contributed by atoms with Gasteiger partial charge in [-0.15, -0.1) is 0 Å². The van der Waals surface area contributed by atoms with Crippen LogP contribution in [0.3, 0.4) is 0 Å². The van der Waals surface area contributed by atoms with Crippen LogP contribution in [0.15, 0.2) is 47.3 Å². The number of carbonyl (C=O) groups is 3. The summed E-state index contributed by atoms with van der Waals surface area (Å²) < 4.78 is 37.9. The second kappa shape index (κ2) is 12.0. The number of alkyl carbamates (subject to hydrolysis) is 1. The van der Waals surface area contributed by atoms with Crippen molar-refractivity contribution >= 4 is 34.8 Å². The summed E-state index contributed by atoms with van der Waals surface area (Å²) >= 11 is 0. The van der Waals surface area contributed by atoms with Gasteiger partial charge >= 0.3 is 18.2 Å². The molecule has 1 amide bonds. The first kappa shape index (κ1) is 33.1. The first-order valence-electron chi connectivity index (χ1n) is 15.3. The van der Waals surface area contributed by atoms with E-state index in [0.717, 1.165) is 12.1 Å². The number of nitro benzene ring substituents is 1. The minimum Gasteiger partial charge on any atom is -0.457 e. The molecule has 2 aliphatic rings. The van der Waals surface area contributed by atoms with Crippen molar-refractivity contribution < 1.29 is 42.6 Å². The van der Waals surface area contributed by atoms with Crippen LogP contribution in [0.4, 0.5) is 19.7 Å². The van der Waals surface area contributed by atoms with Gasteiger partial charge in [-0.1, -0.05) is 6.92 Å². The fourth-order valence-electron chi connectivity index (χ4n) is 6.02. The van der Waals surface area contributed by atoms with Crippen molar-refractivity contribution in [3.8, 4) is 17.1 Å². The number of hydrogen-bond donors (Lipinski definition) is 1. The van der Waals surface area contributed by atoms with E-state index in [1.54, 1.807) is 40.7 Å². The molecule has 49 heavy (non-hydrogen) atoms.